The molecule has 0 atom stereocenters. The van der Waals surface area contributed by atoms with Crippen LogP contribution < -0.4 is 21.0 Å². The number of benzene rings is 1. The number of nitrogens with one attached hydrogen (secondary N) is 1. The number of non-ortho nitro benzene ring substituents is 1. The molecule has 0 radical (unpaired) electrons. The lowest BCUT2D eigenvalue weighted by Gasteiger charge is -1.98. The van der Waals surface area contributed by atoms with Crippen LogP contribution in [0.3, 0.4) is 0 Å². The Labute approximate surface area is 105 Å². The van der Waals surface area contributed by atoms with E-state index >= 15 is 0 Å². The third-order valence-electron chi connectivity index (χ3n) is 2.57. The fourth-order valence-electron chi connectivity index (χ4n) is 1.84. The molecule has 0 spiro atoms. The van der Waals surface area contributed by atoms with Crippen molar-refractivity contribution >= 4 is 22.6 Å². The number of nitrogens with zero attached hydrogens (tertiary/aromatic N) is 3. The molecule has 1 heterocycles. The largest absolute Gasteiger partial charge is 0.315 e. The summed E-state index contributed by atoms with van der Waals surface area (Å²) >= 11 is 0. The van der Waals surface area contributed by atoms with Gasteiger partial charge in [0.1, 0.15) is 5.22 Å². The van der Waals surface area contributed by atoms with Crippen molar-refractivity contribution < 1.29 is 14.8 Å². The average molecular weight is 268 g/mol. The second kappa shape index (κ2) is 4.08. The molecule has 1 aromatic carbocycles. The molecule has 10 heteroatoms. The maximum Gasteiger partial charge on any atom is 0.315 e. The van der Waals surface area contributed by atoms with Crippen molar-refractivity contribution in [1.29, 1.82) is 0 Å². The van der Waals surface area contributed by atoms with Crippen LogP contribution in [-0.2, 0) is 4.94 Å². The van der Waals surface area contributed by atoms with Crippen molar-refractivity contribution in [2.45, 2.75) is 13.8 Å². The van der Waals surface area contributed by atoms with Gasteiger partial charge in [0, 0.05) is 0 Å². The minimum atomic E-state index is -0.823. The quantitative estimate of drug-likeness (QED) is 0.451. The number of nitro benzene ring substituents is 2. The second-order valence-electron chi connectivity index (χ2n) is 3.98. The van der Waals surface area contributed by atoms with E-state index in [9.17, 15) is 25.4 Å². The zero-order chi connectivity index (χ0) is 14.3. The molecule has 1 aromatic rings. The summed E-state index contributed by atoms with van der Waals surface area (Å²) in [4.78, 5) is 24.7. The van der Waals surface area contributed by atoms with Gasteiger partial charge in [-0.05, 0) is 13.8 Å². The summed E-state index contributed by atoms with van der Waals surface area (Å²) in [5.41, 5.74) is 1.26. The maximum atomic E-state index is 11.5. The van der Waals surface area contributed by atoms with E-state index in [0.717, 1.165) is 6.07 Å². The highest BCUT2D eigenvalue weighted by atomic mass is 16.9. The molecule has 1 aliphatic rings. The van der Waals surface area contributed by atoms with Crippen LogP contribution in [0.1, 0.15) is 13.8 Å². The number of hydrogen-bond donors (Lipinski definition) is 1. The SMILES string of the molecule is CC(C)=c1c([N+](=O)[O-])cc([N+](=O)[O-])c2c1=[N+]([O-])ON2. The Hall–Kier alpha value is -2.91. The summed E-state index contributed by atoms with van der Waals surface area (Å²) < 4.78 is 0. The van der Waals surface area contributed by atoms with E-state index in [4.69, 9.17) is 0 Å². The minimum absolute atomic E-state index is 0.00519. The highest BCUT2D eigenvalue weighted by molar-refractivity contribution is 5.67. The van der Waals surface area contributed by atoms with E-state index in [1.165, 1.54) is 0 Å². The summed E-state index contributed by atoms with van der Waals surface area (Å²) in [6, 6.07) is 0.802. The monoisotopic (exact) mass is 268 g/mol. The van der Waals surface area contributed by atoms with Crippen molar-refractivity contribution in [3.63, 3.8) is 0 Å². The summed E-state index contributed by atoms with van der Waals surface area (Å²) in [6.45, 7) is 3.11. The molecule has 0 saturated heterocycles. The van der Waals surface area contributed by atoms with Crippen LogP contribution in [0.15, 0.2) is 6.07 Å². The molecule has 0 aromatic heterocycles. The number of nitro groups is 2. The first-order valence-electron chi connectivity index (χ1n) is 5.05. The highest BCUT2D eigenvalue weighted by Crippen LogP contribution is 2.24. The first-order valence-corrected chi connectivity index (χ1v) is 5.05. The van der Waals surface area contributed by atoms with Crippen molar-refractivity contribution in [2.75, 3.05) is 5.48 Å². The Balaban J connectivity index is 3.11. The molecule has 1 N–H and O–H groups in total. The average Bonchev–Trinajstić information content (AvgIpc) is 2.69. The van der Waals surface area contributed by atoms with Gasteiger partial charge in [-0.15, -0.1) is 0 Å². The van der Waals surface area contributed by atoms with Crippen molar-refractivity contribution in [3.8, 4) is 0 Å². The molecule has 0 aliphatic carbocycles. The topological polar surface area (TPSA) is 134 Å². The third kappa shape index (κ3) is 1.78. The van der Waals surface area contributed by atoms with Crippen LogP contribution in [0.2, 0.25) is 0 Å². The molecule has 19 heavy (non-hydrogen) atoms. The van der Waals surface area contributed by atoms with Gasteiger partial charge < -0.3 is 0 Å². The van der Waals surface area contributed by atoms with Crippen molar-refractivity contribution in [3.05, 3.63) is 42.1 Å². The number of anilines is 1. The molecule has 2 rings (SSSR count). The molecule has 1 aliphatic heterocycles. The van der Waals surface area contributed by atoms with E-state index in [0.29, 0.717) is 5.57 Å². The van der Waals surface area contributed by atoms with Crippen LogP contribution in [-0.4, -0.2) is 9.85 Å². The first kappa shape index (κ1) is 12.5. The predicted molar refractivity (Wildman–Crippen MR) is 63.1 cm³/mol. The molecule has 0 amide bonds. The molecule has 10 nitrogen and oxygen atoms in total. The Kier molecular flexibility index (Phi) is 2.70. The molecule has 0 fully saturated rings. The lowest BCUT2D eigenvalue weighted by Crippen LogP contribution is -2.36. The van der Waals surface area contributed by atoms with E-state index in [-0.39, 0.29) is 21.2 Å². The van der Waals surface area contributed by atoms with Crippen molar-refractivity contribution in [1.82, 2.24) is 4.90 Å². The smallest absolute Gasteiger partial charge is 0.295 e. The van der Waals surface area contributed by atoms with Gasteiger partial charge in [0.05, 0.1) is 20.8 Å². The normalized spacial score (nSPS) is 12.4. The molecule has 0 bridgehead atoms. The fraction of sp³-hybridized carbons (Fsp3) is 0.222. The molecular weight excluding hydrogens is 260 g/mol. The van der Waals surface area contributed by atoms with Gasteiger partial charge in [0.2, 0.25) is 5.69 Å². The number of rotatable bonds is 2. The summed E-state index contributed by atoms with van der Waals surface area (Å²) in [5, 5.41) is 33.1. The lowest BCUT2D eigenvalue weighted by atomic mass is 10.1. The van der Waals surface area contributed by atoms with Gasteiger partial charge in [0.15, 0.2) is 0 Å². The van der Waals surface area contributed by atoms with Gasteiger partial charge in [0.25, 0.3) is 5.69 Å². The number of hydrogen-bond acceptors (Lipinski definition) is 7. The summed E-state index contributed by atoms with van der Waals surface area (Å²) in [7, 11) is 0. The summed E-state index contributed by atoms with van der Waals surface area (Å²) in [6.07, 6.45) is 0. The Morgan fingerprint density at radius 3 is 2.32 bits per heavy atom. The van der Waals surface area contributed by atoms with Crippen LogP contribution in [0.5, 0.6) is 0 Å². The van der Waals surface area contributed by atoms with Crippen LogP contribution >= 0.6 is 0 Å². The van der Waals surface area contributed by atoms with Gasteiger partial charge in [-0.25, -0.2) is 5.48 Å². The van der Waals surface area contributed by atoms with Gasteiger partial charge in [-0.3, -0.25) is 30.4 Å². The Morgan fingerprint density at radius 2 is 1.84 bits per heavy atom. The van der Waals surface area contributed by atoms with E-state index < -0.39 is 21.2 Å². The zero-order valence-corrected chi connectivity index (χ0v) is 9.87. The van der Waals surface area contributed by atoms with Crippen LogP contribution in [0.25, 0.3) is 5.57 Å². The third-order valence-corrected chi connectivity index (χ3v) is 2.57. The maximum absolute atomic E-state index is 11.5. The molecule has 0 unspecified atom stereocenters. The lowest BCUT2D eigenvalue weighted by molar-refractivity contribution is -0.394. The fourth-order valence-corrected chi connectivity index (χ4v) is 1.84. The molecule has 0 saturated carbocycles. The number of fused-ring (bicyclic) bond motifs is 1. The molecular formula is C9H8N4O6. The van der Waals surface area contributed by atoms with Crippen LogP contribution in [0.4, 0.5) is 17.1 Å². The van der Waals surface area contributed by atoms with E-state index in [2.05, 4.69) is 10.4 Å². The van der Waals surface area contributed by atoms with Gasteiger partial charge >= 0.3 is 11.0 Å². The van der Waals surface area contributed by atoms with E-state index in [1.807, 2.05) is 0 Å². The minimum Gasteiger partial charge on any atom is -0.295 e. The second-order valence-corrected chi connectivity index (χ2v) is 3.98. The summed E-state index contributed by atoms with van der Waals surface area (Å²) in [5.74, 6) is 0. The standard InChI is InChI=1S/C9H8N4O6/c1-4(2)7-5(11(14)15)3-6(12(16)17)8-9(7)13(18)19-10-8/h3,10H,1-2H3. The zero-order valence-electron chi connectivity index (χ0n) is 9.87. The van der Waals surface area contributed by atoms with Crippen molar-refractivity contribution in [2.24, 2.45) is 0 Å². The van der Waals surface area contributed by atoms with Gasteiger partial charge in [-0.1, -0.05) is 5.57 Å². The Morgan fingerprint density at radius 1 is 1.26 bits per heavy atom. The molecule has 100 valence electrons. The van der Waals surface area contributed by atoms with Gasteiger partial charge in [-0.2, -0.15) is 0 Å². The van der Waals surface area contributed by atoms with Crippen LogP contribution in [0, 0.1) is 25.4 Å². The highest BCUT2D eigenvalue weighted by Gasteiger charge is 2.33. The van der Waals surface area contributed by atoms with E-state index in [1.54, 1.807) is 13.8 Å². The Bertz CT molecular complexity index is 721. The predicted octanol–water partition coefficient (Wildman–Crippen LogP) is -0.0455. The first-order chi connectivity index (χ1) is 8.84.